The van der Waals surface area contributed by atoms with E-state index < -0.39 is 0 Å². The summed E-state index contributed by atoms with van der Waals surface area (Å²) in [7, 11) is 2.16. The second-order valence-corrected chi connectivity index (χ2v) is 4.54. The number of benzene rings is 1. The Morgan fingerprint density at radius 2 is 1.76 bits per heavy atom. The minimum atomic E-state index is 0. The summed E-state index contributed by atoms with van der Waals surface area (Å²) in [5.41, 5.74) is 14.5. The van der Waals surface area contributed by atoms with E-state index in [-0.39, 0.29) is 12.4 Å². The number of nitrogens with zero attached hydrogens (tertiary/aromatic N) is 2. The van der Waals surface area contributed by atoms with Crippen LogP contribution in [-0.4, -0.2) is 43.0 Å². The van der Waals surface area contributed by atoms with Crippen molar-refractivity contribution in [1.82, 2.24) is 9.80 Å². The average Bonchev–Trinajstić information content (AvgIpc) is 2.27. The maximum atomic E-state index is 5.94. The molecule has 5 heteroatoms. The average molecular weight is 257 g/mol. The third-order valence-corrected chi connectivity index (χ3v) is 3.16. The zero-order valence-electron chi connectivity index (χ0n) is 10.2. The molecule has 0 bridgehead atoms. The first-order valence-electron chi connectivity index (χ1n) is 5.70. The summed E-state index contributed by atoms with van der Waals surface area (Å²) >= 11 is 0. The summed E-state index contributed by atoms with van der Waals surface area (Å²) in [5, 5.41) is 0. The SMILES string of the molecule is CN1CCN(Cc2cc(N)ccc2N)CC1.Cl. The van der Waals surface area contributed by atoms with Gasteiger partial charge >= 0.3 is 0 Å². The van der Waals surface area contributed by atoms with E-state index in [4.69, 9.17) is 11.5 Å². The Bertz CT molecular complexity index is 362. The zero-order chi connectivity index (χ0) is 11.5. The van der Waals surface area contributed by atoms with Crippen LogP contribution in [0.25, 0.3) is 0 Å². The quantitative estimate of drug-likeness (QED) is 0.776. The molecule has 1 fully saturated rings. The van der Waals surface area contributed by atoms with Crippen LogP contribution < -0.4 is 11.5 Å². The molecular weight excluding hydrogens is 236 g/mol. The molecule has 0 atom stereocenters. The standard InChI is InChI=1S/C12H20N4.ClH/c1-15-4-6-16(7-5-15)9-10-8-11(13)2-3-12(10)14;/h2-3,8H,4-7,9,13-14H2,1H3;1H. The molecule has 0 saturated carbocycles. The fraction of sp³-hybridized carbons (Fsp3) is 0.500. The van der Waals surface area contributed by atoms with Crippen molar-refractivity contribution in [1.29, 1.82) is 0 Å². The first-order valence-corrected chi connectivity index (χ1v) is 5.70. The molecule has 1 aromatic rings. The van der Waals surface area contributed by atoms with Gasteiger partial charge in [0.1, 0.15) is 0 Å². The van der Waals surface area contributed by atoms with Crippen molar-refractivity contribution < 1.29 is 0 Å². The van der Waals surface area contributed by atoms with Crippen LogP contribution in [0, 0.1) is 0 Å². The summed E-state index contributed by atoms with van der Waals surface area (Å²) in [6, 6.07) is 5.72. The summed E-state index contributed by atoms with van der Waals surface area (Å²) < 4.78 is 0. The van der Waals surface area contributed by atoms with E-state index in [1.54, 1.807) is 0 Å². The topological polar surface area (TPSA) is 58.5 Å². The second-order valence-electron chi connectivity index (χ2n) is 4.54. The van der Waals surface area contributed by atoms with Crippen LogP contribution in [0.5, 0.6) is 0 Å². The van der Waals surface area contributed by atoms with Crippen molar-refractivity contribution in [2.45, 2.75) is 6.54 Å². The number of halogens is 1. The molecule has 1 heterocycles. The van der Waals surface area contributed by atoms with E-state index in [2.05, 4.69) is 16.8 Å². The van der Waals surface area contributed by atoms with Gasteiger partial charge in [-0.3, -0.25) is 4.90 Å². The third-order valence-electron chi connectivity index (χ3n) is 3.16. The van der Waals surface area contributed by atoms with Gasteiger partial charge in [0.25, 0.3) is 0 Å². The molecule has 0 radical (unpaired) electrons. The maximum Gasteiger partial charge on any atom is 0.0361 e. The predicted octanol–water partition coefficient (Wildman–Crippen LogP) is 1.02. The molecule has 0 aromatic heterocycles. The highest BCUT2D eigenvalue weighted by Crippen LogP contribution is 2.18. The molecular formula is C12H21ClN4. The predicted molar refractivity (Wildman–Crippen MR) is 75.3 cm³/mol. The molecule has 4 N–H and O–H groups in total. The summed E-state index contributed by atoms with van der Waals surface area (Å²) in [5.74, 6) is 0. The molecule has 1 aliphatic rings. The number of anilines is 2. The van der Waals surface area contributed by atoms with E-state index in [0.29, 0.717) is 0 Å². The van der Waals surface area contributed by atoms with Crippen LogP contribution in [0.1, 0.15) is 5.56 Å². The fourth-order valence-electron chi connectivity index (χ4n) is 2.01. The molecule has 1 saturated heterocycles. The van der Waals surface area contributed by atoms with E-state index in [1.165, 1.54) is 0 Å². The van der Waals surface area contributed by atoms with Crippen molar-refractivity contribution in [3.63, 3.8) is 0 Å². The largest absolute Gasteiger partial charge is 0.399 e. The van der Waals surface area contributed by atoms with Crippen molar-refractivity contribution >= 4 is 23.8 Å². The number of hydrogen-bond donors (Lipinski definition) is 2. The van der Waals surface area contributed by atoms with Crippen LogP contribution >= 0.6 is 12.4 Å². The van der Waals surface area contributed by atoms with Gasteiger partial charge in [-0.2, -0.15) is 0 Å². The van der Waals surface area contributed by atoms with Crippen molar-refractivity contribution in [3.8, 4) is 0 Å². The van der Waals surface area contributed by atoms with Gasteiger partial charge in [-0.1, -0.05) is 0 Å². The maximum absolute atomic E-state index is 5.94. The molecule has 0 spiro atoms. The van der Waals surface area contributed by atoms with E-state index in [9.17, 15) is 0 Å². The number of nitrogen functional groups attached to an aromatic ring is 2. The van der Waals surface area contributed by atoms with Gasteiger partial charge in [-0.25, -0.2) is 0 Å². The molecule has 2 rings (SSSR count). The molecule has 1 aromatic carbocycles. The number of likely N-dealkylation sites (N-methyl/N-ethyl adjacent to an activating group) is 1. The Labute approximate surface area is 109 Å². The Balaban J connectivity index is 0.00000144. The minimum Gasteiger partial charge on any atom is -0.399 e. The number of nitrogens with two attached hydrogens (primary N) is 2. The molecule has 96 valence electrons. The number of hydrogen-bond acceptors (Lipinski definition) is 4. The molecule has 4 nitrogen and oxygen atoms in total. The highest BCUT2D eigenvalue weighted by Gasteiger charge is 2.14. The second kappa shape index (κ2) is 6.10. The highest BCUT2D eigenvalue weighted by molar-refractivity contribution is 5.85. The molecule has 17 heavy (non-hydrogen) atoms. The van der Waals surface area contributed by atoms with Crippen LogP contribution in [-0.2, 0) is 6.54 Å². The minimum absolute atomic E-state index is 0. The molecule has 0 amide bonds. The summed E-state index contributed by atoms with van der Waals surface area (Å²) in [6.07, 6.45) is 0. The monoisotopic (exact) mass is 256 g/mol. The van der Waals surface area contributed by atoms with Gasteiger partial charge in [-0.15, -0.1) is 12.4 Å². The van der Waals surface area contributed by atoms with Crippen LogP contribution in [0.15, 0.2) is 18.2 Å². The van der Waals surface area contributed by atoms with Crippen LogP contribution in [0.4, 0.5) is 11.4 Å². The molecule has 1 aliphatic heterocycles. The zero-order valence-corrected chi connectivity index (χ0v) is 11.0. The first-order chi connectivity index (χ1) is 7.65. The lowest BCUT2D eigenvalue weighted by atomic mass is 10.1. The Morgan fingerprint density at radius 1 is 1.12 bits per heavy atom. The Morgan fingerprint density at radius 3 is 2.41 bits per heavy atom. The van der Waals surface area contributed by atoms with E-state index in [1.807, 2.05) is 18.2 Å². The van der Waals surface area contributed by atoms with Crippen molar-refractivity contribution in [2.24, 2.45) is 0 Å². The van der Waals surface area contributed by atoms with Gasteiger partial charge in [0.2, 0.25) is 0 Å². The van der Waals surface area contributed by atoms with Gasteiger partial charge in [0.05, 0.1) is 0 Å². The van der Waals surface area contributed by atoms with E-state index in [0.717, 1.165) is 49.7 Å². The van der Waals surface area contributed by atoms with Crippen LogP contribution in [0.3, 0.4) is 0 Å². The molecule has 0 unspecified atom stereocenters. The molecule has 0 aliphatic carbocycles. The number of rotatable bonds is 2. The lowest BCUT2D eigenvalue weighted by molar-refractivity contribution is 0.148. The third kappa shape index (κ3) is 3.77. The van der Waals surface area contributed by atoms with Crippen LogP contribution in [0.2, 0.25) is 0 Å². The van der Waals surface area contributed by atoms with Gasteiger partial charge < -0.3 is 16.4 Å². The smallest absolute Gasteiger partial charge is 0.0361 e. The lowest BCUT2D eigenvalue weighted by Gasteiger charge is -2.32. The van der Waals surface area contributed by atoms with Crippen molar-refractivity contribution in [3.05, 3.63) is 23.8 Å². The summed E-state index contributed by atoms with van der Waals surface area (Å²) in [6.45, 7) is 5.37. The summed E-state index contributed by atoms with van der Waals surface area (Å²) in [4.78, 5) is 4.77. The van der Waals surface area contributed by atoms with E-state index >= 15 is 0 Å². The Kier molecular flexibility index (Phi) is 5.05. The first kappa shape index (κ1) is 14.1. The normalized spacial score (nSPS) is 17.7. The van der Waals surface area contributed by atoms with Gasteiger partial charge in [0, 0.05) is 44.1 Å². The Hall–Kier alpha value is -0.970. The fourth-order valence-corrected chi connectivity index (χ4v) is 2.01. The van der Waals surface area contributed by atoms with Crippen molar-refractivity contribution in [2.75, 3.05) is 44.7 Å². The van der Waals surface area contributed by atoms with Gasteiger partial charge in [0.15, 0.2) is 0 Å². The lowest BCUT2D eigenvalue weighted by Crippen LogP contribution is -2.43. The highest BCUT2D eigenvalue weighted by atomic mass is 35.5. The number of piperazine rings is 1. The van der Waals surface area contributed by atoms with Gasteiger partial charge in [-0.05, 0) is 30.8 Å².